The number of hydrogen-bond donors (Lipinski definition) is 2. The van der Waals surface area contributed by atoms with Crippen molar-refractivity contribution in [1.82, 2.24) is 0 Å². The predicted octanol–water partition coefficient (Wildman–Crippen LogP) is 0.583. The minimum absolute atomic E-state index is 0.354. The summed E-state index contributed by atoms with van der Waals surface area (Å²) in [4.78, 5) is 0. The van der Waals surface area contributed by atoms with Crippen LogP contribution in [0.5, 0.6) is 0 Å². The van der Waals surface area contributed by atoms with Crippen LogP contribution in [0.25, 0.3) is 0 Å². The Morgan fingerprint density at radius 1 is 1.71 bits per heavy atom. The fraction of sp³-hybridized carbons (Fsp3) is 0.600. The number of aliphatic hydroxyl groups is 2. The van der Waals surface area contributed by atoms with Gasteiger partial charge in [-0.05, 0) is 12.5 Å². The van der Waals surface area contributed by atoms with E-state index in [1.54, 1.807) is 6.92 Å². The molecule has 1 atom stereocenters. The summed E-state index contributed by atoms with van der Waals surface area (Å²) in [6.45, 7) is 1.73. The van der Waals surface area contributed by atoms with Crippen molar-refractivity contribution in [2.45, 2.75) is 19.4 Å². The van der Waals surface area contributed by atoms with Gasteiger partial charge in [0.25, 0.3) is 0 Å². The zero-order valence-electron chi connectivity index (χ0n) is 4.18. The Kier molecular flexibility index (Phi) is 0.820. The van der Waals surface area contributed by atoms with E-state index < -0.39 is 0 Å². The van der Waals surface area contributed by atoms with Gasteiger partial charge in [0, 0.05) is 6.42 Å². The molecule has 1 aliphatic rings. The van der Waals surface area contributed by atoms with Crippen LogP contribution in [0.3, 0.4) is 0 Å². The molecule has 0 spiro atoms. The largest absolute Gasteiger partial charge is 0.512 e. The minimum Gasteiger partial charge on any atom is -0.512 e. The lowest BCUT2D eigenvalue weighted by molar-refractivity contribution is 0.148. The fourth-order valence-corrected chi connectivity index (χ4v) is 0.558. The first-order chi connectivity index (χ1) is 3.22. The van der Waals surface area contributed by atoms with Crippen molar-refractivity contribution in [3.63, 3.8) is 0 Å². The summed E-state index contributed by atoms with van der Waals surface area (Å²) in [7, 11) is 0. The molecule has 0 aromatic heterocycles. The number of aliphatic hydroxyl groups excluding tert-OH is 2. The molecule has 0 saturated carbocycles. The first kappa shape index (κ1) is 4.65. The Labute approximate surface area is 42.1 Å². The van der Waals surface area contributed by atoms with Crippen molar-refractivity contribution >= 4 is 0 Å². The Morgan fingerprint density at radius 3 is 2.29 bits per heavy atom. The SMILES string of the molecule is CC1=C(O)CC1O. The summed E-state index contributed by atoms with van der Waals surface area (Å²) >= 11 is 0. The van der Waals surface area contributed by atoms with Gasteiger partial charge in [-0.3, -0.25) is 0 Å². The van der Waals surface area contributed by atoms with E-state index in [9.17, 15) is 0 Å². The lowest BCUT2D eigenvalue weighted by Crippen LogP contribution is -2.21. The second-order valence-corrected chi connectivity index (χ2v) is 1.85. The monoisotopic (exact) mass is 100 g/mol. The summed E-state index contributed by atoms with van der Waals surface area (Å²) in [6.07, 6.45) is 0.0891. The molecule has 1 unspecified atom stereocenters. The maximum atomic E-state index is 8.67. The van der Waals surface area contributed by atoms with Gasteiger partial charge in [0.05, 0.1) is 11.9 Å². The highest BCUT2D eigenvalue weighted by Gasteiger charge is 2.22. The molecule has 0 aromatic rings. The van der Waals surface area contributed by atoms with Crippen LogP contribution in [0.1, 0.15) is 13.3 Å². The first-order valence-corrected chi connectivity index (χ1v) is 2.28. The van der Waals surface area contributed by atoms with Crippen molar-refractivity contribution in [3.8, 4) is 0 Å². The quantitative estimate of drug-likeness (QED) is 0.467. The Hall–Kier alpha value is -0.500. The highest BCUT2D eigenvalue weighted by Crippen LogP contribution is 2.24. The molecule has 1 aliphatic carbocycles. The first-order valence-electron chi connectivity index (χ1n) is 2.28. The lowest BCUT2D eigenvalue weighted by atomic mass is 9.95. The Bertz CT molecular complexity index is 115. The van der Waals surface area contributed by atoms with E-state index in [0.29, 0.717) is 12.2 Å². The van der Waals surface area contributed by atoms with E-state index >= 15 is 0 Å². The van der Waals surface area contributed by atoms with Gasteiger partial charge in [0.2, 0.25) is 0 Å². The van der Waals surface area contributed by atoms with Crippen LogP contribution in [0.15, 0.2) is 11.3 Å². The molecule has 0 radical (unpaired) electrons. The molecular weight excluding hydrogens is 92.1 g/mol. The molecule has 0 saturated heterocycles. The summed E-state index contributed by atoms with van der Waals surface area (Å²) in [5.74, 6) is 0.354. The number of rotatable bonds is 0. The van der Waals surface area contributed by atoms with E-state index in [1.807, 2.05) is 0 Å². The van der Waals surface area contributed by atoms with E-state index in [2.05, 4.69) is 0 Å². The van der Waals surface area contributed by atoms with Gasteiger partial charge < -0.3 is 10.2 Å². The Balaban J connectivity index is 2.65. The second kappa shape index (κ2) is 1.23. The molecule has 0 amide bonds. The third-order valence-corrected chi connectivity index (χ3v) is 1.34. The molecule has 7 heavy (non-hydrogen) atoms. The summed E-state index contributed by atoms with van der Waals surface area (Å²) in [5, 5.41) is 17.3. The molecule has 0 aromatic carbocycles. The van der Waals surface area contributed by atoms with E-state index in [-0.39, 0.29) is 6.10 Å². The maximum absolute atomic E-state index is 8.67. The highest BCUT2D eigenvalue weighted by atomic mass is 16.3. The summed E-state index contributed by atoms with van der Waals surface area (Å²) < 4.78 is 0. The molecule has 1 rings (SSSR count). The molecule has 40 valence electrons. The average Bonchev–Trinajstić information content (AvgIpc) is 1.68. The molecular formula is C5H8O2. The van der Waals surface area contributed by atoms with Crippen molar-refractivity contribution in [3.05, 3.63) is 11.3 Å². The Morgan fingerprint density at radius 2 is 2.29 bits per heavy atom. The van der Waals surface area contributed by atoms with E-state index in [1.165, 1.54) is 0 Å². The highest BCUT2D eigenvalue weighted by molar-refractivity contribution is 5.21. The normalized spacial score (nSPS) is 30.3. The lowest BCUT2D eigenvalue weighted by Gasteiger charge is -2.21. The van der Waals surface area contributed by atoms with Gasteiger partial charge in [-0.2, -0.15) is 0 Å². The summed E-state index contributed by atoms with van der Waals surface area (Å²) in [6, 6.07) is 0. The van der Waals surface area contributed by atoms with Gasteiger partial charge in [0.1, 0.15) is 0 Å². The molecule has 0 aliphatic heterocycles. The second-order valence-electron chi connectivity index (χ2n) is 1.85. The minimum atomic E-state index is -0.361. The van der Waals surface area contributed by atoms with Gasteiger partial charge in [0.15, 0.2) is 0 Å². The number of hydrogen-bond acceptors (Lipinski definition) is 2. The van der Waals surface area contributed by atoms with Gasteiger partial charge in [-0.25, -0.2) is 0 Å². The van der Waals surface area contributed by atoms with E-state index in [4.69, 9.17) is 10.2 Å². The smallest absolute Gasteiger partial charge is 0.0966 e. The zero-order chi connectivity index (χ0) is 5.44. The standard InChI is InChI=1S/C5H8O2/c1-3-4(6)2-5(3)7/h4,6-7H,2H2,1H3. The molecule has 0 bridgehead atoms. The topological polar surface area (TPSA) is 40.5 Å². The molecule has 2 nitrogen and oxygen atoms in total. The van der Waals surface area contributed by atoms with Crippen LogP contribution in [0.2, 0.25) is 0 Å². The van der Waals surface area contributed by atoms with Crippen molar-refractivity contribution in [2.75, 3.05) is 0 Å². The zero-order valence-corrected chi connectivity index (χ0v) is 4.18. The predicted molar refractivity (Wildman–Crippen MR) is 26.0 cm³/mol. The van der Waals surface area contributed by atoms with Gasteiger partial charge in [-0.1, -0.05) is 0 Å². The van der Waals surface area contributed by atoms with Crippen molar-refractivity contribution in [1.29, 1.82) is 0 Å². The van der Waals surface area contributed by atoms with E-state index in [0.717, 1.165) is 5.57 Å². The van der Waals surface area contributed by atoms with Crippen LogP contribution in [-0.4, -0.2) is 16.3 Å². The molecule has 0 fully saturated rings. The molecule has 2 heteroatoms. The van der Waals surface area contributed by atoms with Crippen molar-refractivity contribution in [2.24, 2.45) is 0 Å². The van der Waals surface area contributed by atoms with Crippen molar-refractivity contribution < 1.29 is 10.2 Å². The summed E-state index contributed by atoms with van der Waals surface area (Å²) in [5.41, 5.74) is 0.722. The van der Waals surface area contributed by atoms with Crippen LogP contribution < -0.4 is 0 Å². The third-order valence-electron chi connectivity index (χ3n) is 1.34. The van der Waals surface area contributed by atoms with Crippen LogP contribution in [-0.2, 0) is 0 Å². The molecule has 2 N–H and O–H groups in total. The van der Waals surface area contributed by atoms with Crippen LogP contribution >= 0.6 is 0 Å². The average molecular weight is 100 g/mol. The van der Waals surface area contributed by atoms with Gasteiger partial charge in [-0.15, -0.1) is 0 Å². The molecule has 0 heterocycles. The van der Waals surface area contributed by atoms with Gasteiger partial charge >= 0.3 is 0 Å². The fourth-order valence-electron chi connectivity index (χ4n) is 0.558. The third kappa shape index (κ3) is 0.509. The van der Waals surface area contributed by atoms with Crippen LogP contribution in [0, 0.1) is 0 Å². The maximum Gasteiger partial charge on any atom is 0.0966 e. The van der Waals surface area contributed by atoms with Crippen LogP contribution in [0.4, 0.5) is 0 Å².